The molecule has 9 rings (SSSR count). The fourth-order valence-electron chi connectivity index (χ4n) is 7.23. The third kappa shape index (κ3) is 4.43. The summed E-state index contributed by atoms with van der Waals surface area (Å²) in [5.74, 6) is 0. The highest BCUT2D eigenvalue weighted by molar-refractivity contribution is 6.25. The van der Waals surface area contributed by atoms with Crippen LogP contribution in [0.5, 0.6) is 0 Å². The Labute approximate surface area is 272 Å². The molecule has 0 aliphatic heterocycles. The van der Waals surface area contributed by atoms with Crippen LogP contribution in [0.2, 0.25) is 0 Å². The molecule has 0 radical (unpaired) electrons. The molecule has 3 heteroatoms. The molecule has 0 aliphatic rings. The molecule has 0 saturated heterocycles. The second-order valence-corrected chi connectivity index (χ2v) is 12.3. The lowest BCUT2D eigenvalue weighted by atomic mass is 9.84. The van der Waals surface area contributed by atoms with E-state index in [9.17, 15) is 0 Å². The number of pyridine rings is 2. The van der Waals surface area contributed by atoms with Gasteiger partial charge in [-0.15, -0.1) is 0 Å². The SMILES string of the molecule is Cc1ccncc1-c1cccc(-c2c3ccccc3c(-c3cccc(-c4cnccc4C)c3)c3cc4c(cc23)oc2ccccc24)c1. The van der Waals surface area contributed by atoms with E-state index >= 15 is 0 Å². The van der Waals surface area contributed by atoms with E-state index in [1.807, 2.05) is 30.9 Å². The fraction of sp³-hybridized carbons (Fsp3) is 0.0455. The van der Waals surface area contributed by atoms with Crippen molar-refractivity contribution in [2.24, 2.45) is 0 Å². The Morgan fingerprint density at radius 1 is 0.404 bits per heavy atom. The van der Waals surface area contributed by atoms with Gasteiger partial charge < -0.3 is 4.42 Å². The zero-order valence-corrected chi connectivity index (χ0v) is 26.2. The van der Waals surface area contributed by atoms with Crippen LogP contribution in [0, 0.1) is 13.8 Å². The van der Waals surface area contributed by atoms with Crippen LogP contribution in [0.3, 0.4) is 0 Å². The molecule has 0 amide bonds. The predicted molar refractivity (Wildman–Crippen MR) is 196 cm³/mol. The lowest BCUT2D eigenvalue weighted by Gasteiger charge is -2.19. The molecule has 9 aromatic rings. The van der Waals surface area contributed by atoms with Crippen molar-refractivity contribution in [2.45, 2.75) is 13.8 Å². The minimum atomic E-state index is 0.889. The van der Waals surface area contributed by atoms with Gasteiger partial charge >= 0.3 is 0 Å². The summed E-state index contributed by atoms with van der Waals surface area (Å²) < 4.78 is 6.49. The van der Waals surface area contributed by atoms with Gasteiger partial charge in [0, 0.05) is 46.7 Å². The van der Waals surface area contributed by atoms with Crippen molar-refractivity contribution < 1.29 is 4.42 Å². The number of furan rings is 1. The molecule has 3 aromatic heterocycles. The number of rotatable bonds is 4. The zero-order chi connectivity index (χ0) is 31.5. The van der Waals surface area contributed by atoms with E-state index in [4.69, 9.17) is 4.42 Å². The first-order valence-electron chi connectivity index (χ1n) is 16.0. The maximum absolute atomic E-state index is 6.49. The maximum atomic E-state index is 6.49. The second-order valence-electron chi connectivity index (χ2n) is 12.3. The van der Waals surface area contributed by atoms with Gasteiger partial charge in [-0.05, 0) is 122 Å². The molecule has 3 heterocycles. The van der Waals surface area contributed by atoms with Crippen molar-refractivity contribution >= 4 is 43.5 Å². The molecule has 0 unspecified atom stereocenters. The van der Waals surface area contributed by atoms with Gasteiger partial charge in [-0.3, -0.25) is 9.97 Å². The first kappa shape index (κ1) is 27.3. The van der Waals surface area contributed by atoms with Crippen LogP contribution in [0.25, 0.3) is 88.0 Å². The quantitative estimate of drug-likeness (QED) is 0.188. The largest absolute Gasteiger partial charge is 0.456 e. The van der Waals surface area contributed by atoms with Gasteiger partial charge in [0.25, 0.3) is 0 Å². The minimum absolute atomic E-state index is 0.889. The van der Waals surface area contributed by atoms with E-state index < -0.39 is 0 Å². The standard InChI is InChI=1S/C44H30N2O/c1-27-17-19-45-25-39(27)29-9-7-11-31(21-29)43-34-14-3-4-15-35(34)44(32-12-8-10-30(22-32)40-26-46-20-18-28(40)2)38-24-42-36(23-37(38)43)33-13-5-6-16-41(33)47-42/h3-26H,1-2H3. The highest BCUT2D eigenvalue weighted by Gasteiger charge is 2.20. The first-order chi connectivity index (χ1) is 23.1. The monoisotopic (exact) mass is 602 g/mol. The van der Waals surface area contributed by atoms with Gasteiger partial charge in [-0.1, -0.05) is 78.9 Å². The van der Waals surface area contributed by atoms with Crippen LogP contribution in [-0.2, 0) is 0 Å². The molecule has 0 bridgehead atoms. The lowest BCUT2D eigenvalue weighted by Crippen LogP contribution is -1.93. The van der Waals surface area contributed by atoms with Gasteiger partial charge in [0.1, 0.15) is 11.2 Å². The van der Waals surface area contributed by atoms with Gasteiger partial charge in [0.05, 0.1) is 0 Å². The van der Waals surface area contributed by atoms with Crippen molar-refractivity contribution in [1.82, 2.24) is 9.97 Å². The van der Waals surface area contributed by atoms with Crippen molar-refractivity contribution in [3.63, 3.8) is 0 Å². The molecule has 6 aromatic carbocycles. The average Bonchev–Trinajstić information content (AvgIpc) is 3.47. The molecular formula is C44H30N2O. The van der Waals surface area contributed by atoms with E-state index in [1.54, 1.807) is 0 Å². The number of fused-ring (bicyclic) bond motifs is 5. The summed E-state index contributed by atoms with van der Waals surface area (Å²) in [6.45, 7) is 4.29. The summed E-state index contributed by atoms with van der Waals surface area (Å²) in [4.78, 5) is 8.89. The molecule has 0 saturated carbocycles. The van der Waals surface area contributed by atoms with E-state index in [2.05, 4.69) is 139 Å². The highest BCUT2D eigenvalue weighted by atomic mass is 16.3. The van der Waals surface area contributed by atoms with Gasteiger partial charge in [0.2, 0.25) is 0 Å². The molecule has 0 fully saturated rings. The topological polar surface area (TPSA) is 38.9 Å². The summed E-state index contributed by atoms with van der Waals surface area (Å²) in [6.07, 6.45) is 7.63. The predicted octanol–water partition coefficient (Wildman–Crippen LogP) is 12.0. The number of para-hydroxylation sites is 1. The van der Waals surface area contributed by atoms with Crippen LogP contribution in [0.4, 0.5) is 0 Å². The number of aromatic nitrogens is 2. The Balaban J connectivity index is 1.41. The summed E-state index contributed by atoms with van der Waals surface area (Å²) in [5.41, 5.74) is 13.5. The Hall–Kier alpha value is -6.06. The molecule has 0 atom stereocenters. The van der Waals surface area contributed by atoms with E-state index in [0.29, 0.717) is 0 Å². The van der Waals surface area contributed by atoms with E-state index in [0.717, 1.165) is 55.1 Å². The molecule has 0 aliphatic carbocycles. The molecule has 222 valence electrons. The highest BCUT2D eigenvalue weighted by Crippen LogP contribution is 2.47. The summed E-state index contributed by atoms with van der Waals surface area (Å²) in [6, 6.07) is 43.6. The van der Waals surface area contributed by atoms with Crippen molar-refractivity contribution in [3.05, 3.63) is 157 Å². The third-order valence-electron chi connectivity index (χ3n) is 9.52. The number of nitrogens with zero attached hydrogens (tertiary/aromatic N) is 2. The minimum Gasteiger partial charge on any atom is -0.456 e. The third-order valence-corrected chi connectivity index (χ3v) is 9.52. The molecule has 0 spiro atoms. The van der Waals surface area contributed by atoms with E-state index in [1.165, 1.54) is 44.0 Å². The molecule has 47 heavy (non-hydrogen) atoms. The van der Waals surface area contributed by atoms with Crippen molar-refractivity contribution in [2.75, 3.05) is 0 Å². The van der Waals surface area contributed by atoms with Gasteiger partial charge in [0.15, 0.2) is 0 Å². The Morgan fingerprint density at radius 2 is 0.915 bits per heavy atom. The van der Waals surface area contributed by atoms with Crippen LogP contribution in [-0.4, -0.2) is 9.97 Å². The van der Waals surface area contributed by atoms with Gasteiger partial charge in [-0.25, -0.2) is 0 Å². The molecular weight excluding hydrogens is 572 g/mol. The number of benzene rings is 6. The van der Waals surface area contributed by atoms with Crippen molar-refractivity contribution in [3.8, 4) is 44.5 Å². The lowest BCUT2D eigenvalue weighted by molar-refractivity contribution is 0.669. The van der Waals surface area contributed by atoms with Crippen LogP contribution in [0.1, 0.15) is 11.1 Å². The Kier molecular flexibility index (Phi) is 6.26. The molecule has 0 N–H and O–H groups in total. The first-order valence-corrected chi connectivity index (χ1v) is 16.0. The number of hydrogen-bond donors (Lipinski definition) is 0. The fourth-order valence-corrected chi connectivity index (χ4v) is 7.23. The molecule has 3 nitrogen and oxygen atoms in total. The number of hydrogen-bond acceptors (Lipinski definition) is 3. The zero-order valence-electron chi connectivity index (χ0n) is 26.2. The number of aryl methyl sites for hydroxylation is 2. The van der Waals surface area contributed by atoms with Crippen molar-refractivity contribution in [1.29, 1.82) is 0 Å². The maximum Gasteiger partial charge on any atom is 0.136 e. The van der Waals surface area contributed by atoms with Crippen LogP contribution >= 0.6 is 0 Å². The summed E-state index contributed by atoms with van der Waals surface area (Å²) >= 11 is 0. The average molecular weight is 603 g/mol. The summed E-state index contributed by atoms with van der Waals surface area (Å²) in [7, 11) is 0. The van der Waals surface area contributed by atoms with Crippen LogP contribution in [0.15, 0.2) is 151 Å². The summed E-state index contributed by atoms with van der Waals surface area (Å²) in [5, 5.41) is 7.01. The second kappa shape index (κ2) is 10.8. The van der Waals surface area contributed by atoms with E-state index in [-0.39, 0.29) is 0 Å². The smallest absolute Gasteiger partial charge is 0.136 e. The van der Waals surface area contributed by atoms with Crippen LogP contribution < -0.4 is 0 Å². The Bertz CT molecular complexity index is 2660. The normalized spacial score (nSPS) is 11.6. The van der Waals surface area contributed by atoms with Gasteiger partial charge in [-0.2, -0.15) is 0 Å². The Morgan fingerprint density at radius 3 is 1.49 bits per heavy atom.